The number of benzene rings is 1. The first-order valence-electron chi connectivity index (χ1n) is 5.29. The van der Waals surface area contributed by atoms with E-state index in [1.54, 1.807) is 0 Å². The van der Waals surface area contributed by atoms with Crippen LogP contribution >= 0.6 is 0 Å². The van der Waals surface area contributed by atoms with Crippen molar-refractivity contribution in [3.05, 3.63) is 48.6 Å². The number of aryl methyl sites for hydroxylation is 1. The molecular formula is C13H19N. The molecule has 0 aromatic heterocycles. The molecule has 0 atom stereocenters. The fourth-order valence-corrected chi connectivity index (χ4v) is 1.39. The molecule has 0 fully saturated rings. The van der Waals surface area contributed by atoms with E-state index in [-0.39, 0.29) is 0 Å². The molecular weight excluding hydrogens is 170 g/mol. The molecule has 0 unspecified atom stereocenters. The van der Waals surface area contributed by atoms with Gasteiger partial charge in [0, 0.05) is 0 Å². The highest BCUT2D eigenvalue weighted by Crippen LogP contribution is 2.01. The summed E-state index contributed by atoms with van der Waals surface area (Å²) in [6.45, 7) is 5.84. The molecule has 0 heterocycles. The van der Waals surface area contributed by atoms with Crippen molar-refractivity contribution in [3.63, 3.8) is 0 Å². The van der Waals surface area contributed by atoms with Crippen LogP contribution in [0, 0.1) is 0 Å². The quantitative estimate of drug-likeness (QED) is 0.514. The first-order valence-corrected chi connectivity index (χ1v) is 5.29. The maximum Gasteiger partial charge on any atom is -0.00144 e. The zero-order chi connectivity index (χ0) is 10.1. The molecule has 0 aliphatic rings. The summed E-state index contributed by atoms with van der Waals surface area (Å²) in [5.41, 5.74) is 1.43. The summed E-state index contributed by atoms with van der Waals surface area (Å²) in [4.78, 5) is 0. The van der Waals surface area contributed by atoms with Gasteiger partial charge in [-0.25, -0.2) is 0 Å². The Morgan fingerprint density at radius 1 is 1.14 bits per heavy atom. The van der Waals surface area contributed by atoms with E-state index in [0.717, 1.165) is 19.5 Å². The predicted molar refractivity (Wildman–Crippen MR) is 62.4 cm³/mol. The highest BCUT2D eigenvalue weighted by Gasteiger charge is 1.90. The van der Waals surface area contributed by atoms with E-state index < -0.39 is 0 Å². The Kier molecular flexibility index (Phi) is 5.76. The summed E-state index contributed by atoms with van der Waals surface area (Å²) < 4.78 is 0. The van der Waals surface area contributed by atoms with Gasteiger partial charge >= 0.3 is 0 Å². The first kappa shape index (κ1) is 11.0. The Labute approximate surface area is 86.8 Å². The molecule has 0 aliphatic heterocycles. The summed E-state index contributed by atoms with van der Waals surface area (Å²) in [5.74, 6) is 0. The van der Waals surface area contributed by atoms with Gasteiger partial charge in [-0.15, -0.1) is 6.58 Å². The lowest BCUT2D eigenvalue weighted by atomic mass is 10.1. The third-order valence-corrected chi connectivity index (χ3v) is 2.19. The van der Waals surface area contributed by atoms with Gasteiger partial charge in [0.25, 0.3) is 0 Å². The van der Waals surface area contributed by atoms with E-state index in [9.17, 15) is 0 Å². The van der Waals surface area contributed by atoms with Crippen molar-refractivity contribution in [2.24, 2.45) is 0 Å². The van der Waals surface area contributed by atoms with E-state index in [4.69, 9.17) is 0 Å². The highest BCUT2D eigenvalue weighted by molar-refractivity contribution is 5.14. The minimum absolute atomic E-state index is 1.05. The van der Waals surface area contributed by atoms with Crippen LogP contribution in [0.4, 0.5) is 0 Å². The Morgan fingerprint density at radius 2 is 1.93 bits per heavy atom. The number of nitrogens with one attached hydrogen (secondary N) is 1. The predicted octanol–water partition coefficient (Wildman–Crippen LogP) is 2.78. The largest absolute Gasteiger partial charge is 0.316 e. The molecule has 0 radical (unpaired) electrons. The Balaban J connectivity index is 2.02. The molecule has 1 rings (SSSR count). The van der Waals surface area contributed by atoms with Gasteiger partial charge in [-0.1, -0.05) is 36.4 Å². The van der Waals surface area contributed by atoms with E-state index in [1.807, 2.05) is 6.08 Å². The van der Waals surface area contributed by atoms with Crippen LogP contribution in [-0.2, 0) is 6.42 Å². The smallest absolute Gasteiger partial charge is 0.00144 e. The van der Waals surface area contributed by atoms with Crippen molar-refractivity contribution < 1.29 is 0 Å². The van der Waals surface area contributed by atoms with E-state index in [2.05, 4.69) is 42.2 Å². The minimum atomic E-state index is 1.05. The average Bonchev–Trinajstić information content (AvgIpc) is 2.25. The Hall–Kier alpha value is -1.08. The third kappa shape index (κ3) is 4.83. The maximum absolute atomic E-state index is 3.69. The van der Waals surface area contributed by atoms with Crippen LogP contribution in [0.15, 0.2) is 43.0 Å². The summed E-state index contributed by atoms with van der Waals surface area (Å²) in [6, 6.07) is 10.6. The van der Waals surface area contributed by atoms with Crippen molar-refractivity contribution in [1.82, 2.24) is 5.32 Å². The summed E-state index contributed by atoms with van der Waals surface area (Å²) in [5, 5.41) is 3.39. The Morgan fingerprint density at radius 3 is 2.64 bits per heavy atom. The van der Waals surface area contributed by atoms with Crippen LogP contribution in [-0.4, -0.2) is 13.1 Å². The molecule has 1 heteroatoms. The summed E-state index contributed by atoms with van der Waals surface area (Å²) >= 11 is 0. The molecule has 0 saturated carbocycles. The fraction of sp³-hybridized carbons (Fsp3) is 0.385. The lowest BCUT2D eigenvalue weighted by Crippen LogP contribution is -2.16. The molecule has 0 amide bonds. The molecule has 1 N–H and O–H groups in total. The van der Waals surface area contributed by atoms with Gasteiger partial charge in [0.2, 0.25) is 0 Å². The lowest BCUT2D eigenvalue weighted by molar-refractivity contribution is 0.653. The number of hydrogen-bond donors (Lipinski definition) is 1. The van der Waals surface area contributed by atoms with Crippen LogP contribution in [0.25, 0.3) is 0 Å². The second kappa shape index (κ2) is 7.34. The zero-order valence-electron chi connectivity index (χ0n) is 8.71. The second-order valence-electron chi connectivity index (χ2n) is 3.42. The van der Waals surface area contributed by atoms with Crippen molar-refractivity contribution >= 4 is 0 Å². The summed E-state index contributed by atoms with van der Waals surface area (Å²) in [6.07, 6.45) is 5.39. The van der Waals surface area contributed by atoms with Gasteiger partial charge in [0.1, 0.15) is 0 Å². The Bertz CT molecular complexity index is 241. The maximum atomic E-state index is 3.69. The lowest BCUT2D eigenvalue weighted by Gasteiger charge is -2.02. The van der Waals surface area contributed by atoms with Crippen molar-refractivity contribution in [2.75, 3.05) is 13.1 Å². The monoisotopic (exact) mass is 189 g/mol. The zero-order valence-corrected chi connectivity index (χ0v) is 8.71. The van der Waals surface area contributed by atoms with E-state index >= 15 is 0 Å². The number of rotatable bonds is 7. The summed E-state index contributed by atoms with van der Waals surface area (Å²) in [7, 11) is 0. The van der Waals surface area contributed by atoms with Gasteiger partial charge in [-0.3, -0.25) is 0 Å². The van der Waals surface area contributed by atoms with Crippen molar-refractivity contribution in [2.45, 2.75) is 19.3 Å². The van der Waals surface area contributed by atoms with Gasteiger partial charge in [0.05, 0.1) is 0 Å². The van der Waals surface area contributed by atoms with Gasteiger partial charge in [-0.2, -0.15) is 0 Å². The SMILES string of the molecule is C=CCCNCCCc1ccccc1. The van der Waals surface area contributed by atoms with Gasteiger partial charge in [-0.05, 0) is 37.9 Å². The molecule has 0 saturated heterocycles. The third-order valence-electron chi connectivity index (χ3n) is 2.19. The van der Waals surface area contributed by atoms with E-state index in [0.29, 0.717) is 0 Å². The molecule has 1 aromatic rings. The number of hydrogen-bond acceptors (Lipinski definition) is 1. The van der Waals surface area contributed by atoms with Crippen molar-refractivity contribution in [1.29, 1.82) is 0 Å². The van der Waals surface area contributed by atoms with Crippen LogP contribution in [0.3, 0.4) is 0 Å². The van der Waals surface area contributed by atoms with E-state index in [1.165, 1.54) is 18.4 Å². The van der Waals surface area contributed by atoms with Crippen LogP contribution in [0.5, 0.6) is 0 Å². The molecule has 0 bridgehead atoms. The van der Waals surface area contributed by atoms with Crippen LogP contribution in [0.2, 0.25) is 0 Å². The normalized spacial score (nSPS) is 10.0. The van der Waals surface area contributed by atoms with Crippen LogP contribution in [0.1, 0.15) is 18.4 Å². The second-order valence-corrected chi connectivity index (χ2v) is 3.42. The van der Waals surface area contributed by atoms with Crippen molar-refractivity contribution in [3.8, 4) is 0 Å². The highest BCUT2D eigenvalue weighted by atomic mass is 14.8. The van der Waals surface area contributed by atoms with Crippen LogP contribution < -0.4 is 5.32 Å². The molecule has 76 valence electrons. The van der Waals surface area contributed by atoms with Gasteiger partial charge in [0.15, 0.2) is 0 Å². The minimum Gasteiger partial charge on any atom is -0.316 e. The standard InChI is InChI=1S/C13H19N/c1-2-3-11-14-12-7-10-13-8-5-4-6-9-13/h2,4-6,8-9,14H,1,3,7,10-12H2. The topological polar surface area (TPSA) is 12.0 Å². The molecule has 0 aliphatic carbocycles. The fourth-order valence-electron chi connectivity index (χ4n) is 1.39. The average molecular weight is 189 g/mol. The molecule has 1 aromatic carbocycles. The van der Waals surface area contributed by atoms with Gasteiger partial charge < -0.3 is 5.32 Å². The molecule has 1 nitrogen and oxygen atoms in total. The molecule has 0 spiro atoms. The molecule has 14 heavy (non-hydrogen) atoms. The first-order chi connectivity index (χ1) is 6.93.